The minimum atomic E-state index is -0.0642. The highest BCUT2D eigenvalue weighted by molar-refractivity contribution is 5.78. The summed E-state index contributed by atoms with van der Waals surface area (Å²) in [6.07, 6.45) is 9.35. The molecule has 0 saturated carbocycles. The maximum absolute atomic E-state index is 12.7. The Morgan fingerprint density at radius 2 is 1.89 bits per heavy atom. The van der Waals surface area contributed by atoms with Crippen molar-refractivity contribution in [1.82, 2.24) is 41.5 Å². The first-order chi connectivity index (χ1) is 18.7. The second-order valence-electron chi connectivity index (χ2n) is 9.62. The van der Waals surface area contributed by atoms with E-state index in [2.05, 4.69) is 60.1 Å². The van der Waals surface area contributed by atoms with Crippen LogP contribution in [0.2, 0.25) is 0 Å². The number of benzene rings is 1. The van der Waals surface area contributed by atoms with Crippen LogP contribution in [0.4, 0.5) is 5.95 Å². The minimum Gasteiger partial charge on any atom is -0.472 e. The van der Waals surface area contributed by atoms with Crippen LogP contribution in [0.1, 0.15) is 23.4 Å². The number of hydrogen-bond acceptors (Lipinski definition) is 11. The normalized spacial score (nSPS) is 18.1. The summed E-state index contributed by atoms with van der Waals surface area (Å²) in [7, 11) is 0. The van der Waals surface area contributed by atoms with E-state index in [-0.39, 0.29) is 30.2 Å². The average molecular weight is 512 g/mol. The van der Waals surface area contributed by atoms with E-state index < -0.39 is 0 Å². The van der Waals surface area contributed by atoms with Crippen LogP contribution >= 0.6 is 0 Å². The van der Waals surface area contributed by atoms with Gasteiger partial charge in [-0.2, -0.15) is 5.53 Å². The van der Waals surface area contributed by atoms with Crippen LogP contribution in [-0.4, -0.2) is 50.1 Å². The monoisotopic (exact) mass is 511 g/mol. The van der Waals surface area contributed by atoms with Crippen molar-refractivity contribution in [3.63, 3.8) is 0 Å². The molecule has 0 bridgehead atoms. The second-order valence-corrected chi connectivity index (χ2v) is 9.62. The van der Waals surface area contributed by atoms with Gasteiger partial charge in [-0.3, -0.25) is 4.79 Å². The fourth-order valence-electron chi connectivity index (χ4n) is 5.12. The van der Waals surface area contributed by atoms with Gasteiger partial charge in [0.05, 0.1) is 36.0 Å². The van der Waals surface area contributed by atoms with Crippen molar-refractivity contribution in [3.05, 3.63) is 77.6 Å². The third kappa shape index (κ3) is 4.34. The van der Waals surface area contributed by atoms with Crippen LogP contribution in [-0.2, 0) is 24.1 Å². The summed E-state index contributed by atoms with van der Waals surface area (Å²) in [6, 6.07) is 8.72. The van der Waals surface area contributed by atoms with E-state index in [0.29, 0.717) is 24.6 Å². The Kier molecular flexibility index (Phi) is 5.51. The molecule has 3 aromatic heterocycles. The van der Waals surface area contributed by atoms with Gasteiger partial charge in [0.1, 0.15) is 6.42 Å². The molecule has 1 atom stereocenters. The van der Waals surface area contributed by atoms with Crippen molar-refractivity contribution in [2.75, 3.05) is 18.4 Å². The number of rotatable bonds is 6. The summed E-state index contributed by atoms with van der Waals surface area (Å²) in [4.78, 5) is 23.4. The lowest BCUT2D eigenvalue weighted by Crippen LogP contribution is -2.40. The number of anilines is 1. The van der Waals surface area contributed by atoms with E-state index in [1.807, 2.05) is 6.07 Å². The Bertz CT molecular complexity index is 1510. The Balaban J connectivity index is 0.960. The molecule has 0 spiro atoms. The highest BCUT2D eigenvalue weighted by atomic mass is 16.4. The highest BCUT2D eigenvalue weighted by Crippen LogP contribution is 2.29. The van der Waals surface area contributed by atoms with E-state index in [0.717, 1.165) is 41.8 Å². The molecule has 192 valence electrons. The summed E-state index contributed by atoms with van der Waals surface area (Å²) in [6.45, 7) is 1.14. The van der Waals surface area contributed by atoms with Crippen molar-refractivity contribution in [2.24, 2.45) is 0 Å². The van der Waals surface area contributed by atoms with Crippen molar-refractivity contribution >= 4 is 11.9 Å². The summed E-state index contributed by atoms with van der Waals surface area (Å²) in [5.74, 6) is 1.03. The number of amides is 1. The number of carbonyl (C=O) groups excluding carboxylic acids is 1. The first-order valence-electron chi connectivity index (χ1n) is 12.5. The number of carbonyl (C=O) groups is 1. The molecule has 4 aromatic rings. The molecule has 4 N–H and O–H groups in total. The van der Waals surface area contributed by atoms with Gasteiger partial charge in [-0.15, -0.1) is 10.2 Å². The van der Waals surface area contributed by atoms with Gasteiger partial charge in [-0.25, -0.2) is 9.97 Å². The summed E-state index contributed by atoms with van der Waals surface area (Å²) < 4.78 is 11.0. The molecule has 5 heterocycles. The Hall–Kier alpha value is -4.71. The fraction of sp³-hybridized carbons (Fsp3) is 0.269. The van der Waals surface area contributed by atoms with Gasteiger partial charge in [-0.05, 0) is 35.6 Å². The molecule has 1 unspecified atom stereocenters. The zero-order chi connectivity index (χ0) is 25.5. The largest absolute Gasteiger partial charge is 0.472 e. The van der Waals surface area contributed by atoms with Crippen LogP contribution in [0.15, 0.2) is 69.4 Å². The summed E-state index contributed by atoms with van der Waals surface area (Å²) >= 11 is 0. The van der Waals surface area contributed by atoms with Gasteiger partial charge < -0.3 is 29.9 Å². The zero-order valence-electron chi connectivity index (χ0n) is 20.4. The van der Waals surface area contributed by atoms with Crippen LogP contribution in [0, 0.1) is 0 Å². The quantitative estimate of drug-likeness (QED) is 0.301. The van der Waals surface area contributed by atoms with Gasteiger partial charge in [0.25, 0.3) is 5.89 Å². The van der Waals surface area contributed by atoms with Crippen LogP contribution in [0.3, 0.4) is 0 Å². The van der Waals surface area contributed by atoms with Gasteiger partial charge in [-0.1, -0.05) is 18.2 Å². The predicted octanol–water partition coefficient (Wildman–Crippen LogP) is 1.96. The number of hydrogen-bond donors (Lipinski definition) is 4. The molecule has 1 aliphatic carbocycles. The Morgan fingerprint density at radius 1 is 1.03 bits per heavy atom. The maximum atomic E-state index is 12.7. The predicted molar refractivity (Wildman–Crippen MR) is 136 cm³/mol. The molecule has 0 radical (unpaired) electrons. The number of fused-ring (bicyclic) bond motifs is 1. The van der Waals surface area contributed by atoms with Gasteiger partial charge >= 0.3 is 0 Å². The van der Waals surface area contributed by atoms with Gasteiger partial charge in [0, 0.05) is 37.0 Å². The van der Waals surface area contributed by atoms with Crippen molar-refractivity contribution < 1.29 is 13.6 Å². The van der Waals surface area contributed by atoms with Gasteiger partial charge in [0.15, 0.2) is 0 Å². The third-order valence-corrected chi connectivity index (χ3v) is 7.12. The van der Waals surface area contributed by atoms with E-state index in [9.17, 15) is 4.79 Å². The van der Waals surface area contributed by atoms with Crippen molar-refractivity contribution in [1.29, 1.82) is 0 Å². The maximum Gasteiger partial charge on any atom is 0.250 e. The molecule has 12 nitrogen and oxygen atoms in total. The first kappa shape index (κ1) is 22.5. The van der Waals surface area contributed by atoms with E-state index in [1.165, 1.54) is 11.1 Å². The molecule has 2 aliphatic heterocycles. The summed E-state index contributed by atoms with van der Waals surface area (Å²) in [5, 5.41) is 11.6. The smallest absolute Gasteiger partial charge is 0.250 e. The van der Waals surface area contributed by atoms with Crippen LogP contribution < -0.4 is 21.7 Å². The molecular formula is C26H25N9O3. The SMILES string of the molecule is O=C(Cc1nnc(-c2cnc(NC3Cc4ccc(-c5ccoc5)cc4C3)nc2)o1)N1CCC2=C(C1)NNN2. The lowest BCUT2D eigenvalue weighted by Gasteiger charge is -2.26. The number of nitrogens with one attached hydrogen (secondary N) is 4. The molecule has 0 saturated heterocycles. The first-order valence-corrected chi connectivity index (χ1v) is 12.5. The zero-order valence-corrected chi connectivity index (χ0v) is 20.4. The second kappa shape index (κ2) is 9.30. The van der Waals surface area contributed by atoms with Crippen molar-refractivity contribution in [3.8, 4) is 22.6 Å². The highest BCUT2D eigenvalue weighted by Gasteiger charge is 2.27. The Morgan fingerprint density at radius 3 is 2.76 bits per heavy atom. The van der Waals surface area contributed by atoms with E-state index >= 15 is 0 Å². The Labute approximate surface area is 217 Å². The molecule has 0 fully saturated rings. The minimum absolute atomic E-state index is 0.0432. The van der Waals surface area contributed by atoms with E-state index in [4.69, 9.17) is 8.83 Å². The molecular weight excluding hydrogens is 486 g/mol. The van der Waals surface area contributed by atoms with Crippen LogP contribution in [0.25, 0.3) is 22.6 Å². The third-order valence-electron chi connectivity index (χ3n) is 7.12. The molecule has 3 aliphatic rings. The van der Waals surface area contributed by atoms with Crippen LogP contribution in [0.5, 0.6) is 0 Å². The topological polar surface area (TPSA) is 146 Å². The van der Waals surface area contributed by atoms with Crippen molar-refractivity contribution in [2.45, 2.75) is 31.7 Å². The molecule has 38 heavy (non-hydrogen) atoms. The molecule has 1 amide bonds. The number of furan rings is 1. The van der Waals surface area contributed by atoms with Gasteiger partial charge in [0.2, 0.25) is 17.7 Å². The standard InChI is InChI=1S/C26H25N9O3/c36-24(35-5-3-21-22(13-35)31-34-30-21)10-23-32-33-25(38-23)19-11-27-26(28-12-19)29-20-8-16-2-1-15(7-18(16)9-20)17-4-6-37-14-17/h1-2,4,6-7,11-12,14,20,30-31,34H,3,5,8-10,13H2,(H,27,28,29). The summed E-state index contributed by atoms with van der Waals surface area (Å²) in [5.41, 5.74) is 16.5. The van der Waals surface area contributed by atoms with E-state index in [1.54, 1.807) is 29.8 Å². The number of hydrazine groups is 2. The lowest BCUT2D eigenvalue weighted by molar-refractivity contribution is -0.130. The number of nitrogens with zero attached hydrogens (tertiary/aromatic N) is 5. The lowest BCUT2D eigenvalue weighted by atomic mass is 10.0. The number of aromatic nitrogens is 4. The molecule has 1 aromatic carbocycles. The average Bonchev–Trinajstić information content (AvgIpc) is 3.75. The molecule has 12 heteroatoms. The molecule has 7 rings (SSSR count). The fourth-order valence-corrected chi connectivity index (χ4v) is 5.12.